The van der Waals surface area contributed by atoms with E-state index in [-0.39, 0.29) is 0 Å². The van der Waals surface area contributed by atoms with Crippen LogP contribution in [0, 0.1) is 6.92 Å². The fourth-order valence-corrected chi connectivity index (χ4v) is 3.08. The molecule has 0 unspecified atom stereocenters. The number of hydrogen-bond acceptors (Lipinski definition) is 4. The summed E-state index contributed by atoms with van der Waals surface area (Å²) in [5.41, 5.74) is 2.52. The summed E-state index contributed by atoms with van der Waals surface area (Å²) in [7, 11) is 1.95. The molecule has 0 spiro atoms. The first kappa shape index (κ1) is 11.1. The number of aldehydes is 1. The highest BCUT2D eigenvalue weighted by Gasteiger charge is 2.11. The highest BCUT2D eigenvalue weighted by molar-refractivity contribution is 7.21. The van der Waals surface area contributed by atoms with Crippen LogP contribution in [0.2, 0.25) is 0 Å². The molecule has 0 aliphatic rings. The van der Waals surface area contributed by atoms with E-state index < -0.39 is 0 Å². The molecule has 0 aliphatic carbocycles. The van der Waals surface area contributed by atoms with Gasteiger partial charge in [0.05, 0.1) is 5.69 Å². The van der Waals surface area contributed by atoms with Crippen molar-refractivity contribution in [2.45, 2.75) is 6.92 Å². The first-order chi connectivity index (χ1) is 8.69. The van der Waals surface area contributed by atoms with Crippen molar-refractivity contribution in [2.24, 2.45) is 7.05 Å². The van der Waals surface area contributed by atoms with Crippen molar-refractivity contribution < 1.29 is 4.79 Å². The third-order valence-corrected chi connectivity index (χ3v) is 4.14. The lowest BCUT2D eigenvalue weighted by Crippen LogP contribution is -1.88. The predicted octanol–water partition coefficient (Wildman–Crippen LogP) is 2.82. The lowest BCUT2D eigenvalue weighted by molar-refractivity contribution is 0.111. The number of carbonyl (C=O) groups excluding carboxylic acids is 1. The highest BCUT2D eigenvalue weighted by atomic mass is 32.1. The molecule has 3 aromatic rings. The largest absolute Gasteiger partial charge is 0.296 e. The molecule has 0 bridgehead atoms. The Morgan fingerprint density at radius 3 is 2.83 bits per heavy atom. The van der Waals surface area contributed by atoms with E-state index in [4.69, 9.17) is 0 Å². The molecule has 3 heterocycles. The van der Waals surface area contributed by atoms with Gasteiger partial charge < -0.3 is 0 Å². The third-order valence-electron chi connectivity index (χ3n) is 2.89. The number of aryl methyl sites for hydroxylation is 2. The molecule has 0 atom stereocenters. The van der Waals surface area contributed by atoms with E-state index in [1.807, 2.05) is 24.7 Å². The van der Waals surface area contributed by atoms with E-state index in [9.17, 15) is 4.79 Å². The fourth-order valence-electron chi connectivity index (χ4n) is 1.97. The van der Waals surface area contributed by atoms with Crippen molar-refractivity contribution in [1.82, 2.24) is 14.8 Å². The fraction of sp³-hybridized carbons (Fsp3) is 0.154. The van der Waals surface area contributed by atoms with E-state index in [0.717, 1.165) is 27.3 Å². The SMILES string of the molecule is Cc1nn(C)c2sc(-c3ccc(C=O)nc3)cc12. The van der Waals surface area contributed by atoms with Crippen molar-refractivity contribution in [1.29, 1.82) is 0 Å². The van der Waals surface area contributed by atoms with Crippen LogP contribution >= 0.6 is 11.3 Å². The zero-order chi connectivity index (χ0) is 12.7. The van der Waals surface area contributed by atoms with Gasteiger partial charge in [-0.05, 0) is 25.1 Å². The summed E-state index contributed by atoms with van der Waals surface area (Å²) in [5.74, 6) is 0. The second-order valence-electron chi connectivity index (χ2n) is 4.13. The zero-order valence-corrected chi connectivity index (χ0v) is 10.9. The summed E-state index contributed by atoms with van der Waals surface area (Å²) in [4.78, 5) is 17.0. The molecular formula is C13H11N3OS. The van der Waals surface area contributed by atoms with Crippen molar-refractivity contribution in [3.8, 4) is 10.4 Å². The number of nitrogens with zero attached hydrogens (tertiary/aromatic N) is 3. The molecule has 3 rings (SSSR count). The van der Waals surface area contributed by atoms with Crippen LogP contribution < -0.4 is 0 Å². The van der Waals surface area contributed by atoms with E-state index in [0.29, 0.717) is 5.69 Å². The lowest BCUT2D eigenvalue weighted by atomic mass is 10.2. The summed E-state index contributed by atoms with van der Waals surface area (Å²) in [6.07, 6.45) is 2.49. The number of pyridine rings is 1. The summed E-state index contributed by atoms with van der Waals surface area (Å²) < 4.78 is 1.89. The van der Waals surface area contributed by atoms with Gasteiger partial charge in [-0.3, -0.25) is 14.5 Å². The normalized spacial score (nSPS) is 11.0. The van der Waals surface area contributed by atoms with Crippen LogP contribution in [0.4, 0.5) is 0 Å². The highest BCUT2D eigenvalue weighted by Crippen LogP contribution is 2.34. The maximum atomic E-state index is 10.6. The molecule has 3 aromatic heterocycles. The van der Waals surface area contributed by atoms with Crippen molar-refractivity contribution in [3.05, 3.63) is 35.8 Å². The molecule has 0 radical (unpaired) electrons. The molecule has 0 amide bonds. The Hall–Kier alpha value is -2.01. The van der Waals surface area contributed by atoms with E-state index >= 15 is 0 Å². The Kier molecular flexibility index (Phi) is 2.48. The van der Waals surface area contributed by atoms with Crippen LogP contribution in [0.1, 0.15) is 16.2 Å². The number of fused-ring (bicyclic) bond motifs is 1. The molecule has 0 saturated carbocycles. The minimum Gasteiger partial charge on any atom is -0.296 e. The number of carbonyl (C=O) groups is 1. The van der Waals surface area contributed by atoms with E-state index in [2.05, 4.69) is 16.1 Å². The van der Waals surface area contributed by atoms with Gasteiger partial charge in [0.1, 0.15) is 10.5 Å². The van der Waals surface area contributed by atoms with Gasteiger partial charge in [0.2, 0.25) is 0 Å². The zero-order valence-electron chi connectivity index (χ0n) is 10.0. The molecular weight excluding hydrogens is 246 g/mol. The predicted molar refractivity (Wildman–Crippen MR) is 71.9 cm³/mol. The second-order valence-corrected chi connectivity index (χ2v) is 5.16. The first-order valence-corrected chi connectivity index (χ1v) is 6.35. The topological polar surface area (TPSA) is 47.8 Å². The Morgan fingerprint density at radius 2 is 2.22 bits per heavy atom. The molecule has 0 aromatic carbocycles. The van der Waals surface area contributed by atoms with Crippen molar-refractivity contribution in [3.63, 3.8) is 0 Å². The molecule has 5 heteroatoms. The molecule has 0 fully saturated rings. The van der Waals surface area contributed by atoms with Gasteiger partial charge in [0.25, 0.3) is 0 Å². The standard InChI is InChI=1S/C13H11N3OS/c1-8-11-5-12(18-13(11)16(2)15-8)9-3-4-10(7-17)14-6-9/h3-7H,1-2H3. The minimum absolute atomic E-state index is 0.456. The molecule has 0 aliphatic heterocycles. The first-order valence-electron chi connectivity index (χ1n) is 5.54. The van der Waals surface area contributed by atoms with E-state index in [1.165, 1.54) is 5.39 Å². The number of rotatable bonds is 2. The number of thiophene rings is 1. The lowest BCUT2D eigenvalue weighted by Gasteiger charge is -1.96. The molecule has 0 saturated heterocycles. The van der Waals surface area contributed by atoms with Gasteiger partial charge in [-0.2, -0.15) is 5.10 Å². The summed E-state index contributed by atoms with van der Waals surface area (Å²) in [6.45, 7) is 2.01. The Balaban J connectivity index is 2.13. The number of aromatic nitrogens is 3. The van der Waals surface area contributed by atoms with Gasteiger partial charge in [-0.15, -0.1) is 11.3 Å². The maximum Gasteiger partial charge on any atom is 0.168 e. The number of hydrogen-bond donors (Lipinski definition) is 0. The van der Waals surface area contributed by atoms with E-state index in [1.54, 1.807) is 23.6 Å². The summed E-state index contributed by atoms with van der Waals surface area (Å²) in [6, 6.07) is 5.78. The van der Waals surface area contributed by atoms with Gasteiger partial charge in [-0.25, -0.2) is 0 Å². The van der Waals surface area contributed by atoms with Crippen LogP contribution in [-0.4, -0.2) is 21.1 Å². The van der Waals surface area contributed by atoms with Crippen molar-refractivity contribution >= 4 is 27.8 Å². The molecule has 4 nitrogen and oxygen atoms in total. The Morgan fingerprint density at radius 1 is 1.39 bits per heavy atom. The van der Waals surface area contributed by atoms with Crippen LogP contribution in [-0.2, 0) is 7.05 Å². The van der Waals surface area contributed by atoms with Crippen LogP contribution in [0.5, 0.6) is 0 Å². The average molecular weight is 257 g/mol. The Labute approximate surface area is 108 Å². The van der Waals surface area contributed by atoms with Gasteiger partial charge >= 0.3 is 0 Å². The minimum atomic E-state index is 0.456. The smallest absolute Gasteiger partial charge is 0.168 e. The second kappa shape index (κ2) is 4.03. The Bertz CT molecular complexity index is 690. The monoisotopic (exact) mass is 257 g/mol. The summed E-state index contributed by atoms with van der Waals surface area (Å²) in [5, 5.41) is 5.56. The van der Waals surface area contributed by atoms with Crippen LogP contribution in [0.3, 0.4) is 0 Å². The van der Waals surface area contributed by atoms with Gasteiger partial charge in [-0.1, -0.05) is 0 Å². The quantitative estimate of drug-likeness (QED) is 0.663. The van der Waals surface area contributed by atoms with Crippen LogP contribution in [0.15, 0.2) is 24.4 Å². The average Bonchev–Trinajstić information content (AvgIpc) is 2.93. The van der Waals surface area contributed by atoms with Gasteiger partial charge in [0, 0.05) is 29.1 Å². The molecule has 90 valence electrons. The van der Waals surface area contributed by atoms with Gasteiger partial charge in [0.15, 0.2) is 6.29 Å². The summed E-state index contributed by atoms with van der Waals surface area (Å²) >= 11 is 1.68. The van der Waals surface area contributed by atoms with Crippen LogP contribution in [0.25, 0.3) is 20.7 Å². The molecule has 0 N–H and O–H groups in total. The third kappa shape index (κ3) is 1.64. The molecule has 18 heavy (non-hydrogen) atoms. The maximum absolute atomic E-state index is 10.6. The van der Waals surface area contributed by atoms with Crippen molar-refractivity contribution in [2.75, 3.05) is 0 Å².